The topological polar surface area (TPSA) is 66.0 Å². The van der Waals surface area contributed by atoms with Crippen molar-refractivity contribution in [3.05, 3.63) is 35.3 Å². The van der Waals surface area contributed by atoms with Crippen LogP contribution in [0.5, 0.6) is 0 Å². The van der Waals surface area contributed by atoms with E-state index >= 15 is 0 Å². The fourth-order valence-corrected chi connectivity index (χ4v) is 3.00. The summed E-state index contributed by atoms with van der Waals surface area (Å²) < 4.78 is 0. The summed E-state index contributed by atoms with van der Waals surface area (Å²) in [6, 6.07) is 7.70. The van der Waals surface area contributed by atoms with E-state index in [4.69, 9.17) is 0 Å². The van der Waals surface area contributed by atoms with Crippen molar-refractivity contribution in [3.63, 3.8) is 0 Å². The first-order chi connectivity index (χ1) is 10.2. The molecule has 1 atom stereocenters. The molecule has 0 radical (unpaired) electrons. The Morgan fingerprint density at radius 1 is 1.33 bits per heavy atom. The van der Waals surface area contributed by atoms with Crippen LogP contribution < -0.4 is 16.0 Å². The summed E-state index contributed by atoms with van der Waals surface area (Å²) in [6.45, 7) is 3.67. The molecule has 1 saturated heterocycles. The van der Waals surface area contributed by atoms with E-state index in [9.17, 15) is 4.79 Å². The Morgan fingerprint density at radius 3 is 2.71 bits per heavy atom. The van der Waals surface area contributed by atoms with Crippen LogP contribution in [0.4, 0.5) is 16.5 Å². The first kappa shape index (κ1) is 14.0. The minimum Gasteiger partial charge on any atom is -0.332 e. The molecule has 2 heterocycles. The number of carbonyl (C=O) groups excluding carboxylic acids is 1. The Labute approximate surface area is 127 Å². The van der Waals surface area contributed by atoms with E-state index in [1.54, 1.807) is 11.3 Å². The number of rotatable bonds is 4. The molecule has 110 valence electrons. The maximum Gasteiger partial charge on any atom is 0.228 e. The van der Waals surface area contributed by atoms with Gasteiger partial charge in [-0.25, -0.2) is 4.98 Å². The maximum absolute atomic E-state index is 12.0. The van der Waals surface area contributed by atoms with E-state index in [-0.39, 0.29) is 11.8 Å². The lowest BCUT2D eigenvalue weighted by Crippen LogP contribution is -2.24. The molecular formula is C15H18N4OS. The predicted octanol–water partition coefficient (Wildman–Crippen LogP) is 2.74. The number of hydrogen-bond acceptors (Lipinski definition) is 5. The number of thiazole rings is 1. The molecular weight excluding hydrogens is 284 g/mol. The highest BCUT2D eigenvalue weighted by molar-refractivity contribution is 7.13. The van der Waals surface area contributed by atoms with Crippen LogP contribution in [0.2, 0.25) is 0 Å². The Bertz CT molecular complexity index is 617. The van der Waals surface area contributed by atoms with E-state index in [1.807, 2.05) is 36.6 Å². The third-order valence-corrected chi connectivity index (χ3v) is 4.33. The summed E-state index contributed by atoms with van der Waals surface area (Å²) in [5, 5.41) is 12.3. The minimum atomic E-state index is 0.0843. The van der Waals surface area contributed by atoms with E-state index in [1.165, 1.54) is 0 Å². The molecule has 0 spiro atoms. The molecule has 2 aromatic rings. The van der Waals surface area contributed by atoms with Crippen molar-refractivity contribution in [1.82, 2.24) is 10.3 Å². The normalized spacial score (nSPS) is 17.7. The van der Waals surface area contributed by atoms with Crippen molar-refractivity contribution < 1.29 is 4.79 Å². The average molecular weight is 302 g/mol. The predicted molar refractivity (Wildman–Crippen MR) is 86.2 cm³/mol. The van der Waals surface area contributed by atoms with Crippen molar-refractivity contribution in [2.75, 3.05) is 23.7 Å². The third kappa shape index (κ3) is 3.59. The first-order valence-corrected chi connectivity index (χ1v) is 7.89. The fraction of sp³-hybridized carbons (Fsp3) is 0.333. The highest BCUT2D eigenvalue weighted by Crippen LogP contribution is 2.22. The highest BCUT2D eigenvalue weighted by atomic mass is 32.1. The molecule has 6 heteroatoms. The Balaban J connectivity index is 1.59. The van der Waals surface area contributed by atoms with Crippen LogP contribution in [-0.4, -0.2) is 24.0 Å². The van der Waals surface area contributed by atoms with Gasteiger partial charge in [-0.3, -0.25) is 4.79 Å². The molecule has 5 nitrogen and oxygen atoms in total. The molecule has 3 rings (SSSR count). The van der Waals surface area contributed by atoms with E-state index < -0.39 is 0 Å². The molecule has 21 heavy (non-hydrogen) atoms. The summed E-state index contributed by atoms with van der Waals surface area (Å²) >= 11 is 1.58. The van der Waals surface area contributed by atoms with Crippen LogP contribution in [0.15, 0.2) is 29.6 Å². The monoisotopic (exact) mass is 302 g/mol. The zero-order valence-electron chi connectivity index (χ0n) is 11.8. The van der Waals surface area contributed by atoms with Gasteiger partial charge in [-0.15, -0.1) is 11.3 Å². The lowest BCUT2D eigenvalue weighted by molar-refractivity contribution is -0.119. The van der Waals surface area contributed by atoms with Gasteiger partial charge in [0.25, 0.3) is 0 Å². The number of aromatic nitrogens is 1. The van der Waals surface area contributed by atoms with Crippen molar-refractivity contribution >= 4 is 33.8 Å². The summed E-state index contributed by atoms with van der Waals surface area (Å²) in [6.07, 6.45) is 0.912. The summed E-state index contributed by atoms with van der Waals surface area (Å²) in [4.78, 5) is 16.4. The van der Waals surface area contributed by atoms with Crippen LogP contribution in [0.25, 0.3) is 0 Å². The number of benzene rings is 1. The number of nitrogens with one attached hydrogen (secondary N) is 3. The molecule has 1 amide bonds. The molecule has 1 aromatic carbocycles. The van der Waals surface area contributed by atoms with Crippen molar-refractivity contribution in [2.45, 2.75) is 13.3 Å². The van der Waals surface area contributed by atoms with Crippen molar-refractivity contribution in [3.8, 4) is 0 Å². The van der Waals surface area contributed by atoms with Gasteiger partial charge in [0.2, 0.25) is 5.91 Å². The number of anilines is 3. The second-order valence-electron chi connectivity index (χ2n) is 5.18. The Kier molecular flexibility index (Phi) is 4.17. The number of carbonyl (C=O) groups is 1. The zero-order valence-corrected chi connectivity index (χ0v) is 12.7. The molecule has 3 N–H and O–H groups in total. The van der Waals surface area contributed by atoms with Gasteiger partial charge >= 0.3 is 0 Å². The molecule has 0 aliphatic carbocycles. The third-order valence-electron chi connectivity index (χ3n) is 3.45. The van der Waals surface area contributed by atoms with Crippen LogP contribution in [0.3, 0.4) is 0 Å². The number of amides is 1. The van der Waals surface area contributed by atoms with Gasteiger partial charge in [0, 0.05) is 23.3 Å². The van der Waals surface area contributed by atoms with E-state index in [0.29, 0.717) is 0 Å². The van der Waals surface area contributed by atoms with Crippen LogP contribution in [-0.2, 0) is 4.79 Å². The lowest BCUT2D eigenvalue weighted by atomic mass is 10.1. The van der Waals surface area contributed by atoms with Gasteiger partial charge in [0.1, 0.15) is 0 Å². The largest absolute Gasteiger partial charge is 0.332 e. The SMILES string of the molecule is Cc1csc(Nc2ccc(NC(=O)C3CCNC3)cc2)n1. The fourth-order valence-electron chi connectivity index (χ4n) is 2.29. The molecule has 1 fully saturated rings. The Morgan fingerprint density at radius 2 is 2.10 bits per heavy atom. The van der Waals surface area contributed by atoms with E-state index in [2.05, 4.69) is 20.9 Å². The quantitative estimate of drug-likeness (QED) is 0.812. The van der Waals surface area contributed by atoms with Crippen LogP contribution >= 0.6 is 11.3 Å². The highest BCUT2D eigenvalue weighted by Gasteiger charge is 2.22. The number of nitrogens with zero attached hydrogens (tertiary/aromatic N) is 1. The maximum atomic E-state index is 12.0. The summed E-state index contributed by atoms with van der Waals surface area (Å²) in [5.74, 6) is 0.178. The lowest BCUT2D eigenvalue weighted by Gasteiger charge is -2.10. The van der Waals surface area contributed by atoms with Gasteiger partial charge in [-0.1, -0.05) is 0 Å². The zero-order chi connectivity index (χ0) is 14.7. The standard InChI is InChI=1S/C15H18N4OS/c1-10-9-21-15(17-10)19-13-4-2-12(3-5-13)18-14(20)11-6-7-16-8-11/h2-5,9,11,16H,6-8H2,1H3,(H,17,19)(H,18,20). The van der Waals surface area contributed by atoms with E-state index in [0.717, 1.165) is 41.7 Å². The van der Waals surface area contributed by atoms with Crippen molar-refractivity contribution in [1.29, 1.82) is 0 Å². The van der Waals surface area contributed by atoms with Gasteiger partial charge in [0.15, 0.2) is 5.13 Å². The van der Waals surface area contributed by atoms with Gasteiger partial charge in [0.05, 0.1) is 11.6 Å². The first-order valence-electron chi connectivity index (χ1n) is 7.01. The average Bonchev–Trinajstić information content (AvgIpc) is 3.13. The minimum absolute atomic E-state index is 0.0843. The second-order valence-corrected chi connectivity index (χ2v) is 6.03. The molecule has 0 saturated carbocycles. The van der Waals surface area contributed by atoms with Gasteiger partial charge in [-0.05, 0) is 44.2 Å². The van der Waals surface area contributed by atoms with Crippen LogP contribution in [0, 0.1) is 12.8 Å². The van der Waals surface area contributed by atoms with Gasteiger partial charge < -0.3 is 16.0 Å². The smallest absolute Gasteiger partial charge is 0.228 e. The Hall–Kier alpha value is -1.92. The molecule has 1 aliphatic rings. The molecule has 1 unspecified atom stereocenters. The number of hydrogen-bond donors (Lipinski definition) is 3. The summed E-state index contributed by atoms with van der Waals surface area (Å²) in [5.41, 5.74) is 2.80. The molecule has 1 aliphatic heterocycles. The van der Waals surface area contributed by atoms with Crippen molar-refractivity contribution in [2.24, 2.45) is 5.92 Å². The second kappa shape index (κ2) is 6.24. The molecule has 0 bridgehead atoms. The molecule has 1 aromatic heterocycles. The summed E-state index contributed by atoms with van der Waals surface area (Å²) in [7, 11) is 0. The number of aryl methyl sites for hydroxylation is 1. The van der Waals surface area contributed by atoms with Crippen LogP contribution in [0.1, 0.15) is 12.1 Å². The van der Waals surface area contributed by atoms with Gasteiger partial charge in [-0.2, -0.15) is 0 Å².